The van der Waals surface area contributed by atoms with Crippen molar-refractivity contribution in [1.82, 2.24) is 4.90 Å². The highest BCUT2D eigenvalue weighted by atomic mass is 79.9. The molecule has 0 aromatic carbocycles. The zero-order chi connectivity index (χ0) is 9.52. The summed E-state index contributed by atoms with van der Waals surface area (Å²) in [4.78, 5) is 3.27. The van der Waals surface area contributed by atoms with E-state index in [1.807, 2.05) is 0 Å². The van der Waals surface area contributed by atoms with Crippen molar-refractivity contribution in [3.05, 3.63) is 0 Å². The highest BCUT2D eigenvalue weighted by Gasteiger charge is 2.18. The number of nitrogens with zero attached hydrogens (tertiary/aromatic N) is 1. The van der Waals surface area contributed by atoms with Gasteiger partial charge in [-0.2, -0.15) is 0 Å². The predicted molar refractivity (Wildman–Crippen MR) is 62.3 cm³/mol. The first-order valence-electron chi connectivity index (χ1n) is 5.72. The molecule has 0 spiro atoms. The molecule has 1 saturated heterocycles. The normalized spacial score (nSPS) is 24.9. The van der Waals surface area contributed by atoms with E-state index in [4.69, 9.17) is 0 Å². The fraction of sp³-hybridized carbons (Fsp3) is 1.00. The molecule has 0 aliphatic carbocycles. The zero-order valence-corrected chi connectivity index (χ0v) is 10.4. The first-order chi connectivity index (χ1) is 6.34. The van der Waals surface area contributed by atoms with E-state index in [1.165, 1.54) is 58.0 Å². The van der Waals surface area contributed by atoms with Crippen LogP contribution >= 0.6 is 15.9 Å². The van der Waals surface area contributed by atoms with Crippen molar-refractivity contribution in [2.75, 3.05) is 13.1 Å². The van der Waals surface area contributed by atoms with Gasteiger partial charge >= 0.3 is 0 Å². The molecule has 13 heavy (non-hydrogen) atoms. The van der Waals surface area contributed by atoms with Gasteiger partial charge in [0.15, 0.2) is 0 Å². The van der Waals surface area contributed by atoms with Gasteiger partial charge in [0.05, 0.1) is 4.95 Å². The monoisotopic (exact) mass is 247 g/mol. The molecule has 0 aromatic rings. The Labute approximate surface area is 91.0 Å². The first kappa shape index (κ1) is 11.5. The summed E-state index contributed by atoms with van der Waals surface area (Å²) in [5, 5.41) is 0. The lowest BCUT2D eigenvalue weighted by Crippen LogP contribution is -2.36. The molecule has 1 rings (SSSR count). The maximum absolute atomic E-state index is 3.75. The topological polar surface area (TPSA) is 3.24 Å². The summed E-state index contributed by atoms with van der Waals surface area (Å²) in [5.74, 6) is 0. The third-order valence-corrected chi connectivity index (χ3v) is 3.87. The number of halogens is 1. The molecule has 1 aliphatic heterocycles. The van der Waals surface area contributed by atoms with E-state index in [1.54, 1.807) is 0 Å². The fourth-order valence-corrected chi connectivity index (χ4v) is 2.68. The van der Waals surface area contributed by atoms with Crippen LogP contribution in [0.5, 0.6) is 0 Å². The Morgan fingerprint density at radius 3 is 2.77 bits per heavy atom. The van der Waals surface area contributed by atoms with Crippen LogP contribution in [-0.4, -0.2) is 22.9 Å². The van der Waals surface area contributed by atoms with Crippen LogP contribution in [0.4, 0.5) is 0 Å². The lowest BCUT2D eigenvalue weighted by Gasteiger charge is -2.31. The average Bonchev–Trinajstić information content (AvgIpc) is 2.15. The summed E-state index contributed by atoms with van der Waals surface area (Å²) in [6, 6.07) is 0. The van der Waals surface area contributed by atoms with Gasteiger partial charge in [0.1, 0.15) is 0 Å². The van der Waals surface area contributed by atoms with Gasteiger partial charge in [0.2, 0.25) is 0 Å². The van der Waals surface area contributed by atoms with E-state index in [0.29, 0.717) is 4.95 Å². The molecule has 78 valence electrons. The van der Waals surface area contributed by atoms with Crippen LogP contribution in [0, 0.1) is 0 Å². The smallest absolute Gasteiger partial charge is 0.0655 e. The molecular weight excluding hydrogens is 226 g/mol. The molecule has 1 aliphatic rings. The predicted octanol–water partition coefficient (Wildman–Crippen LogP) is 3.77. The van der Waals surface area contributed by atoms with Crippen molar-refractivity contribution in [3.63, 3.8) is 0 Å². The van der Waals surface area contributed by atoms with E-state index in [0.717, 1.165) is 0 Å². The van der Waals surface area contributed by atoms with Crippen molar-refractivity contribution in [3.8, 4) is 0 Å². The molecule has 1 unspecified atom stereocenters. The molecular formula is C11H22BrN. The minimum absolute atomic E-state index is 0.669. The maximum atomic E-state index is 3.75. The number of hydrogen-bond donors (Lipinski definition) is 0. The van der Waals surface area contributed by atoms with Crippen LogP contribution in [0.1, 0.15) is 51.9 Å². The highest BCUT2D eigenvalue weighted by Crippen LogP contribution is 2.21. The van der Waals surface area contributed by atoms with Crippen molar-refractivity contribution in [1.29, 1.82) is 0 Å². The first-order valence-corrected chi connectivity index (χ1v) is 6.64. The second-order valence-electron chi connectivity index (χ2n) is 4.03. The molecule has 0 amide bonds. The molecule has 0 radical (unpaired) electrons. The Hall–Kier alpha value is 0.440. The van der Waals surface area contributed by atoms with Gasteiger partial charge in [0.25, 0.3) is 0 Å². The van der Waals surface area contributed by atoms with E-state index < -0.39 is 0 Å². The van der Waals surface area contributed by atoms with Crippen LogP contribution in [0.15, 0.2) is 0 Å². The Bertz CT molecular complexity index is 127. The number of alkyl halides is 1. The fourth-order valence-electron chi connectivity index (χ4n) is 1.94. The number of unbranched alkanes of at least 4 members (excludes halogenated alkanes) is 3. The van der Waals surface area contributed by atoms with Crippen LogP contribution in [-0.2, 0) is 0 Å². The SMILES string of the molecule is CCCCCCN1CCCCC1Br. The lowest BCUT2D eigenvalue weighted by atomic mass is 10.1. The lowest BCUT2D eigenvalue weighted by molar-refractivity contribution is 0.206. The summed E-state index contributed by atoms with van der Waals surface area (Å²) >= 11 is 3.75. The number of rotatable bonds is 5. The number of hydrogen-bond acceptors (Lipinski definition) is 1. The zero-order valence-electron chi connectivity index (χ0n) is 8.77. The van der Waals surface area contributed by atoms with Gasteiger partial charge in [-0.05, 0) is 38.8 Å². The largest absolute Gasteiger partial charge is 0.291 e. The van der Waals surface area contributed by atoms with Gasteiger partial charge in [-0.1, -0.05) is 42.1 Å². The van der Waals surface area contributed by atoms with Crippen molar-refractivity contribution < 1.29 is 0 Å². The molecule has 1 nitrogen and oxygen atoms in total. The second-order valence-corrected chi connectivity index (χ2v) is 5.08. The Kier molecular flexibility index (Phi) is 6.05. The van der Waals surface area contributed by atoms with Crippen LogP contribution in [0.3, 0.4) is 0 Å². The van der Waals surface area contributed by atoms with E-state index in [2.05, 4.69) is 27.8 Å². The standard InChI is InChI=1S/C11H22BrN/c1-2-3-4-6-9-13-10-7-5-8-11(13)12/h11H,2-10H2,1H3. The summed E-state index contributed by atoms with van der Waals surface area (Å²) < 4.78 is 0. The van der Waals surface area contributed by atoms with Gasteiger partial charge in [0, 0.05) is 0 Å². The molecule has 2 heteroatoms. The Morgan fingerprint density at radius 1 is 1.23 bits per heavy atom. The number of likely N-dealkylation sites (tertiary alicyclic amines) is 1. The minimum Gasteiger partial charge on any atom is -0.291 e. The average molecular weight is 248 g/mol. The molecule has 0 aromatic heterocycles. The maximum Gasteiger partial charge on any atom is 0.0655 e. The van der Waals surface area contributed by atoms with E-state index in [-0.39, 0.29) is 0 Å². The van der Waals surface area contributed by atoms with E-state index in [9.17, 15) is 0 Å². The van der Waals surface area contributed by atoms with Crippen LogP contribution in [0.2, 0.25) is 0 Å². The molecule has 1 heterocycles. The quantitative estimate of drug-likeness (QED) is 0.406. The van der Waals surface area contributed by atoms with Crippen LogP contribution < -0.4 is 0 Å². The van der Waals surface area contributed by atoms with Crippen molar-refractivity contribution in [2.24, 2.45) is 0 Å². The molecule has 1 fully saturated rings. The number of piperidine rings is 1. The highest BCUT2D eigenvalue weighted by molar-refractivity contribution is 9.09. The van der Waals surface area contributed by atoms with Gasteiger partial charge < -0.3 is 0 Å². The molecule has 1 atom stereocenters. The summed E-state index contributed by atoms with van der Waals surface area (Å²) in [7, 11) is 0. The summed E-state index contributed by atoms with van der Waals surface area (Å²) in [5.41, 5.74) is 0. The van der Waals surface area contributed by atoms with Crippen molar-refractivity contribution in [2.45, 2.75) is 56.8 Å². The summed E-state index contributed by atoms with van der Waals surface area (Å²) in [6.45, 7) is 4.88. The van der Waals surface area contributed by atoms with Crippen molar-refractivity contribution >= 4 is 15.9 Å². The van der Waals surface area contributed by atoms with E-state index >= 15 is 0 Å². The third kappa shape index (κ3) is 4.46. The van der Waals surface area contributed by atoms with Gasteiger partial charge in [-0.15, -0.1) is 0 Å². The molecule has 0 N–H and O–H groups in total. The molecule has 0 bridgehead atoms. The second kappa shape index (κ2) is 6.83. The van der Waals surface area contributed by atoms with Gasteiger partial charge in [-0.25, -0.2) is 0 Å². The Morgan fingerprint density at radius 2 is 2.08 bits per heavy atom. The van der Waals surface area contributed by atoms with Gasteiger partial charge in [-0.3, -0.25) is 4.90 Å². The minimum atomic E-state index is 0.669. The third-order valence-electron chi connectivity index (χ3n) is 2.83. The van der Waals surface area contributed by atoms with Crippen LogP contribution in [0.25, 0.3) is 0 Å². The molecule has 0 saturated carbocycles. The Balaban J connectivity index is 2.05. The summed E-state index contributed by atoms with van der Waals surface area (Å²) in [6.07, 6.45) is 9.69.